The summed E-state index contributed by atoms with van der Waals surface area (Å²) in [6.45, 7) is 2.28. The molecule has 0 aromatic heterocycles. The van der Waals surface area contributed by atoms with E-state index >= 15 is 0 Å². The Labute approximate surface area is 132 Å². The van der Waals surface area contributed by atoms with Gasteiger partial charge in [0.2, 0.25) is 0 Å². The van der Waals surface area contributed by atoms with Gasteiger partial charge in [-0.3, -0.25) is 0 Å². The number of para-hydroxylation sites is 1. The SMILES string of the molecule is O=S(=O)(NC[C@@H]1COc2ccccc2C1)N1CCCCCC1. The van der Waals surface area contributed by atoms with E-state index in [9.17, 15) is 8.42 Å². The number of hydrogen-bond acceptors (Lipinski definition) is 3. The summed E-state index contributed by atoms with van der Waals surface area (Å²) in [4.78, 5) is 0. The first-order chi connectivity index (χ1) is 10.6. The average molecular weight is 324 g/mol. The highest BCUT2D eigenvalue weighted by Crippen LogP contribution is 2.26. The number of hydrogen-bond donors (Lipinski definition) is 1. The second-order valence-electron chi connectivity index (χ2n) is 6.16. The lowest BCUT2D eigenvalue weighted by Crippen LogP contribution is -2.44. The number of fused-ring (bicyclic) bond motifs is 1. The lowest BCUT2D eigenvalue weighted by molar-refractivity contribution is 0.222. The molecule has 3 rings (SSSR count). The zero-order valence-electron chi connectivity index (χ0n) is 12.8. The van der Waals surface area contributed by atoms with Gasteiger partial charge in [0.05, 0.1) is 6.61 Å². The van der Waals surface area contributed by atoms with Gasteiger partial charge in [-0.05, 0) is 30.9 Å². The van der Waals surface area contributed by atoms with Crippen LogP contribution in [0.15, 0.2) is 24.3 Å². The third-order valence-electron chi connectivity index (χ3n) is 4.42. The fourth-order valence-electron chi connectivity index (χ4n) is 3.12. The highest BCUT2D eigenvalue weighted by molar-refractivity contribution is 7.87. The van der Waals surface area contributed by atoms with Crippen molar-refractivity contribution >= 4 is 10.2 Å². The molecule has 6 heteroatoms. The second-order valence-corrected chi connectivity index (χ2v) is 7.91. The molecule has 1 aromatic carbocycles. The highest BCUT2D eigenvalue weighted by Gasteiger charge is 2.25. The number of rotatable bonds is 4. The molecule has 1 aromatic rings. The highest BCUT2D eigenvalue weighted by atomic mass is 32.2. The minimum absolute atomic E-state index is 0.191. The van der Waals surface area contributed by atoms with Gasteiger partial charge in [-0.25, -0.2) is 4.72 Å². The molecular weight excluding hydrogens is 300 g/mol. The largest absolute Gasteiger partial charge is 0.493 e. The molecule has 0 radical (unpaired) electrons. The zero-order chi connectivity index (χ0) is 15.4. The molecule has 2 aliphatic rings. The minimum Gasteiger partial charge on any atom is -0.493 e. The fraction of sp³-hybridized carbons (Fsp3) is 0.625. The molecule has 122 valence electrons. The van der Waals surface area contributed by atoms with Crippen LogP contribution in [0, 0.1) is 5.92 Å². The Hall–Kier alpha value is -1.11. The summed E-state index contributed by atoms with van der Waals surface area (Å²) in [5, 5.41) is 0. The van der Waals surface area contributed by atoms with Crippen LogP contribution < -0.4 is 9.46 Å². The first-order valence-corrected chi connectivity index (χ1v) is 9.54. The Bertz CT molecular complexity index is 595. The van der Waals surface area contributed by atoms with Crippen LogP contribution in [0.1, 0.15) is 31.2 Å². The van der Waals surface area contributed by atoms with Gasteiger partial charge in [0, 0.05) is 25.6 Å². The molecule has 5 nitrogen and oxygen atoms in total. The van der Waals surface area contributed by atoms with E-state index in [0.29, 0.717) is 26.2 Å². The molecule has 0 amide bonds. The molecule has 2 aliphatic heterocycles. The van der Waals surface area contributed by atoms with Gasteiger partial charge in [-0.15, -0.1) is 0 Å². The third-order valence-corrected chi connectivity index (χ3v) is 5.99. The smallest absolute Gasteiger partial charge is 0.279 e. The molecule has 1 fully saturated rings. The van der Waals surface area contributed by atoms with Crippen molar-refractivity contribution in [1.82, 2.24) is 9.03 Å². The van der Waals surface area contributed by atoms with Crippen LogP contribution in [0.4, 0.5) is 0 Å². The predicted octanol–water partition coefficient (Wildman–Crippen LogP) is 1.95. The summed E-state index contributed by atoms with van der Waals surface area (Å²) in [5.74, 6) is 1.12. The Morgan fingerprint density at radius 1 is 1.14 bits per heavy atom. The van der Waals surface area contributed by atoms with Gasteiger partial charge < -0.3 is 4.74 Å². The number of ether oxygens (including phenoxy) is 1. The van der Waals surface area contributed by atoms with Crippen LogP contribution >= 0.6 is 0 Å². The Morgan fingerprint density at radius 2 is 1.86 bits per heavy atom. The Balaban J connectivity index is 1.56. The van der Waals surface area contributed by atoms with E-state index in [2.05, 4.69) is 4.72 Å². The molecule has 2 heterocycles. The van der Waals surface area contributed by atoms with Gasteiger partial charge in [0.25, 0.3) is 10.2 Å². The molecule has 0 spiro atoms. The van der Waals surface area contributed by atoms with Crippen LogP contribution in [0.25, 0.3) is 0 Å². The lowest BCUT2D eigenvalue weighted by atomic mass is 9.97. The topological polar surface area (TPSA) is 58.6 Å². The summed E-state index contributed by atoms with van der Waals surface area (Å²) in [7, 11) is -3.36. The van der Waals surface area contributed by atoms with Crippen molar-refractivity contribution in [3.63, 3.8) is 0 Å². The van der Waals surface area contributed by atoms with Gasteiger partial charge in [-0.1, -0.05) is 31.0 Å². The Kier molecular flexibility index (Phi) is 5.00. The van der Waals surface area contributed by atoms with Gasteiger partial charge in [-0.2, -0.15) is 12.7 Å². The third kappa shape index (κ3) is 3.80. The predicted molar refractivity (Wildman–Crippen MR) is 86.1 cm³/mol. The fourth-order valence-corrected chi connectivity index (χ4v) is 4.49. The number of nitrogens with zero attached hydrogens (tertiary/aromatic N) is 1. The summed E-state index contributed by atoms with van der Waals surface area (Å²) in [6, 6.07) is 7.96. The van der Waals surface area contributed by atoms with Gasteiger partial charge in [0.1, 0.15) is 5.75 Å². The van der Waals surface area contributed by atoms with Crippen LogP contribution in [-0.4, -0.2) is 39.0 Å². The molecule has 0 aliphatic carbocycles. The van der Waals surface area contributed by atoms with Gasteiger partial charge >= 0.3 is 0 Å². The normalized spacial score (nSPS) is 23.4. The van der Waals surface area contributed by atoms with Crippen molar-refractivity contribution in [3.8, 4) is 5.75 Å². The monoisotopic (exact) mass is 324 g/mol. The van der Waals surface area contributed by atoms with Crippen molar-refractivity contribution < 1.29 is 13.2 Å². The maximum Gasteiger partial charge on any atom is 0.279 e. The van der Waals surface area contributed by atoms with E-state index in [1.165, 1.54) is 0 Å². The number of benzene rings is 1. The molecule has 0 bridgehead atoms. The van der Waals surface area contributed by atoms with E-state index in [0.717, 1.165) is 43.4 Å². The maximum absolute atomic E-state index is 12.4. The summed E-state index contributed by atoms with van der Waals surface area (Å²) in [5.41, 5.74) is 1.16. The molecule has 1 atom stereocenters. The molecular formula is C16H24N2O3S. The summed E-state index contributed by atoms with van der Waals surface area (Å²) < 4.78 is 34.9. The first kappa shape index (κ1) is 15.8. The summed E-state index contributed by atoms with van der Waals surface area (Å²) >= 11 is 0. The molecule has 0 unspecified atom stereocenters. The first-order valence-electron chi connectivity index (χ1n) is 8.10. The van der Waals surface area contributed by atoms with Crippen molar-refractivity contribution in [3.05, 3.63) is 29.8 Å². The molecule has 1 saturated heterocycles. The van der Waals surface area contributed by atoms with E-state index in [4.69, 9.17) is 4.74 Å². The van der Waals surface area contributed by atoms with E-state index in [1.807, 2.05) is 24.3 Å². The van der Waals surface area contributed by atoms with Crippen LogP contribution in [-0.2, 0) is 16.6 Å². The minimum atomic E-state index is -3.36. The number of nitrogens with one attached hydrogen (secondary N) is 1. The standard InChI is InChI=1S/C16H24N2O3S/c19-22(20,18-9-5-1-2-6-10-18)17-12-14-11-15-7-3-4-8-16(15)21-13-14/h3-4,7-8,14,17H,1-2,5-6,9-13H2/t14-/m1/s1. The van der Waals surface area contributed by atoms with Crippen LogP contribution in [0.5, 0.6) is 5.75 Å². The molecule has 1 N–H and O–H groups in total. The van der Waals surface area contributed by atoms with Crippen molar-refractivity contribution in [1.29, 1.82) is 0 Å². The lowest BCUT2D eigenvalue weighted by Gasteiger charge is -2.27. The molecule has 22 heavy (non-hydrogen) atoms. The quantitative estimate of drug-likeness (QED) is 0.921. The van der Waals surface area contributed by atoms with Crippen molar-refractivity contribution in [2.45, 2.75) is 32.1 Å². The van der Waals surface area contributed by atoms with Gasteiger partial charge in [0.15, 0.2) is 0 Å². The van der Waals surface area contributed by atoms with E-state index in [-0.39, 0.29) is 5.92 Å². The van der Waals surface area contributed by atoms with Crippen LogP contribution in [0.2, 0.25) is 0 Å². The maximum atomic E-state index is 12.4. The average Bonchev–Trinajstić information content (AvgIpc) is 2.83. The van der Waals surface area contributed by atoms with Crippen molar-refractivity contribution in [2.24, 2.45) is 5.92 Å². The summed E-state index contributed by atoms with van der Waals surface area (Å²) in [6.07, 6.45) is 5.03. The van der Waals surface area contributed by atoms with E-state index < -0.39 is 10.2 Å². The zero-order valence-corrected chi connectivity index (χ0v) is 13.6. The van der Waals surface area contributed by atoms with Crippen molar-refractivity contribution in [2.75, 3.05) is 26.2 Å². The Morgan fingerprint density at radius 3 is 2.64 bits per heavy atom. The van der Waals surface area contributed by atoms with E-state index in [1.54, 1.807) is 4.31 Å². The van der Waals surface area contributed by atoms with Crippen LogP contribution in [0.3, 0.4) is 0 Å². The molecule has 0 saturated carbocycles. The second kappa shape index (κ2) is 6.98.